The number of fused-ring (bicyclic) bond motifs is 2. The summed E-state index contributed by atoms with van der Waals surface area (Å²) in [6, 6.07) is 25.7. The van der Waals surface area contributed by atoms with Crippen LogP contribution in [-0.2, 0) is 44.7 Å². The van der Waals surface area contributed by atoms with E-state index >= 15 is 0 Å². The Morgan fingerprint density at radius 2 is 1.01 bits per heavy atom. The number of nitrogens with zero attached hydrogens (tertiary/aromatic N) is 4. The number of alkyl carbamates (subject to hydrolysis) is 2. The first-order chi connectivity index (χ1) is 35.0. The van der Waals surface area contributed by atoms with Crippen LogP contribution in [0.5, 0.6) is 0 Å². The molecule has 72 heavy (non-hydrogen) atoms. The van der Waals surface area contributed by atoms with Crippen LogP contribution in [-0.4, -0.2) is 92.1 Å². The maximum absolute atomic E-state index is 14.4. The van der Waals surface area contributed by atoms with E-state index in [1.807, 2.05) is 0 Å². The highest BCUT2D eigenvalue weighted by Gasteiger charge is 2.59. The van der Waals surface area contributed by atoms with Crippen LogP contribution in [0.25, 0.3) is 44.3 Å². The zero-order chi connectivity index (χ0) is 49.1. The Labute approximate surface area is 419 Å². The number of ether oxygens (including phenoxy) is 2. The van der Waals surface area contributed by atoms with Gasteiger partial charge < -0.3 is 39.9 Å². The molecule has 4 aliphatic heterocycles. The fraction of sp³-hybridized carbons (Fsp3) is 0.483. The van der Waals surface area contributed by atoms with Gasteiger partial charge in [-0.15, -0.1) is 0 Å². The Balaban J connectivity index is 0.843. The van der Waals surface area contributed by atoms with Crippen LogP contribution < -0.4 is 10.6 Å². The van der Waals surface area contributed by atoms with E-state index in [9.17, 15) is 19.2 Å². The number of carbonyl (C=O) groups excluding carboxylic acids is 4. The summed E-state index contributed by atoms with van der Waals surface area (Å²) in [5.41, 5.74) is 13.4. The predicted molar refractivity (Wildman–Crippen MR) is 273 cm³/mol. The Kier molecular flexibility index (Phi) is 11.0. The van der Waals surface area contributed by atoms with Gasteiger partial charge in [0.2, 0.25) is 11.8 Å². The predicted octanol–water partition coefficient (Wildman–Crippen LogP) is 9.52. The van der Waals surface area contributed by atoms with E-state index in [1.54, 1.807) is 0 Å². The average molecular weight is 969 g/mol. The summed E-state index contributed by atoms with van der Waals surface area (Å²) >= 11 is 0. The zero-order valence-electron chi connectivity index (χ0n) is 41.6. The average Bonchev–Trinajstić information content (AvgIpc) is 4.21. The number of H-pyrrole nitrogens is 2. The molecule has 4 N–H and O–H groups in total. The summed E-state index contributed by atoms with van der Waals surface area (Å²) in [4.78, 5) is 75.7. The number of aromatic nitrogens is 4. The minimum absolute atomic E-state index is 0.0213. The van der Waals surface area contributed by atoms with E-state index in [4.69, 9.17) is 19.4 Å². The number of carbonyl (C=O) groups is 4. The first kappa shape index (κ1) is 45.2. The molecule has 4 saturated heterocycles. The van der Waals surface area contributed by atoms with Gasteiger partial charge >= 0.3 is 12.2 Å². The molecule has 2 saturated carbocycles. The molecule has 8 unspecified atom stereocenters. The third-order valence-electron chi connectivity index (χ3n) is 18.8. The molecule has 16 rings (SSSR count). The van der Waals surface area contributed by atoms with Crippen LogP contribution in [0.3, 0.4) is 0 Å². The Bertz CT molecular complexity index is 2950. The number of rotatable bonds is 6. The molecular weight excluding hydrogens is 905 g/mol. The highest BCUT2D eigenvalue weighted by Crippen LogP contribution is 2.55. The molecule has 372 valence electrons. The summed E-state index contributed by atoms with van der Waals surface area (Å²) in [5, 5.41) is 5.79. The second-order valence-electron chi connectivity index (χ2n) is 22.3. The van der Waals surface area contributed by atoms with Crippen LogP contribution in [0.4, 0.5) is 9.59 Å². The van der Waals surface area contributed by atoms with Gasteiger partial charge in [-0.05, 0) is 168 Å². The number of aromatic amines is 2. The number of benzene rings is 4. The number of imidazole rings is 2. The van der Waals surface area contributed by atoms with E-state index in [0.717, 1.165) is 122 Å². The molecule has 0 radical (unpaired) electrons. The monoisotopic (exact) mass is 968 g/mol. The lowest BCUT2D eigenvalue weighted by molar-refractivity contribution is -0.148. The van der Waals surface area contributed by atoms with Crippen molar-refractivity contribution in [2.24, 2.45) is 35.5 Å². The van der Waals surface area contributed by atoms with E-state index in [1.165, 1.54) is 47.6 Å². The number of amides is 4. The number of piperidine rings is 2. The topological polar surface area (TPSA) is 175 Å². The number of hydrogen-bond donors (Lipinski definition) is 4. The smallest absolute Gasteiger partial charge is 0.407 e. The molecular formula is C58H64N8O6. The van der Waals surface area contributed by atoms with Gasteiger partial charge in [-0.1, -0.05) is 75.2 Å². The lowest BCUT2D eigenvalue weighted by atomic mass is 9.68. The van der Waals surface area contributed by atoms with Crippen molar-refractivity contribution >= 4 is 46.1 Å². The van der Waals surface area contributed by atoms with Gasteiger partial charge in [0, 0.05) is 12.1 Å². The molecule has 14 nitrogen and oxygen atoms in total. The highest BCUT2D eigenvalue weighted by molar-refractivity contribution is 5.90. The van der Waals surface area contributed by atoms with Crippen molar-refractivity contribution in [3.05, 3.63) is 107 Å². The van der Waals surface area contributed by atoms with Gasteiger partial charge in [-0.3, -0.25) is 9.59 Å². The largest absolute Gasteiger partial charge is 0.453 e. The van der Waals surface area contributed by atoms with Gasteiger partial charge in [-0.25, -0.2) is 19.6 Å². The van der Waals surface area contributed by atoms with Crippen LogP contribution in [0, 0.1) is 35.5 Å². The molecule has 12 atom stereocenters. The number of aryl methyl sites for hydroxylation is 4. The second-order valence-corrected chi connectivity index (χ2v) is 22.3. The fourth-order valence-electron chi connectivity index (χ4n) is 15.3. The van der Waals surface area contributed by atoms with Crippen molar-refractivity contribution in [2.75, 3.05) is 14.2 Å². The van der Waals surface area contributed by atoms with Crippen molar-refractivity contribution in [1.29, 1.82) is 0 Å². The minimum atomic E-state index is -0.635. The molecule has 4 amide bonds. The van der Waals surface area contributed by atoms with Crippen molar-refractivity contribution in [3.8, 4) is 22.3 Å². The van der Waals surface area contributed by atoms with Gasteiger partial charge in [-0.2, -0.15) is 0 Å². The maximum atomic E-state index is 14.4. The van der Waals surface area contributed by atoms with E-state index < -0.39 is 24.3 Å². The molecule has 0 spiro atoms. The molecule has 6 heterocycles. The first-order valence-corrected chi connectivity index (χ1v) is 26.6. The third-order valence-corrected chi connectivity index (χ3v) is 18.8. The second kappa shape index (κ2) is 17.5. The van der Waals surface area contributed by atoms with Gasteiger partial charge in [0.1, 0.15) is 23.7 Å². The standard InChI is InChI=1S/C58H64N8O6/c1-29-39-9-5-7-37-27-47(65(51(37)39)55(67)49(29)63-57(69)71-3)53-59-43-21-19-35(25-45(43)61-53)41-23-34-18-16-32-13-11-31(12-14-32)15-17-33(41)24-42(34)36-20-22-44-46(26-36)62-54(60-44)48-28-38-8-6-10-40-30(2)50(64-58(70)72-4)56(68)66(48)52(38)40/h11-14,19-26,29-30,37-40,47-52H,5-10,15-18,27-28H2,1-4H3,(H,59,61)(H,60,62)(H,63,69)(H,64,70)/t29?,30?,37?,38?,39?,40?,47-,48-,49-,50-,51?,52?/m0/s1. The number of nitrogens with one attached hydrogen (secondary N) is 4. The third kappa shape index (κ3) is 7.31. The molecule has 14 heteroatoms. The fourth-order valence-corrected chi connectivity index (χ4v) is 15.3. The molecule has 6 fully saturated rings. The molecule has 6 aromatic rings. The Morgan fingerprint density at radius 1 is 0.583 bits per heavy atom. The maximum Gasteiger partial charge on any atom is 0.407 e. The molecule has 10 aliphatic rings. The summed E-state index contributed by atoms with van der Waals surface area (Å²) in [5.74, 6) is 2.98. The van der Waals surface area contributed by atoms with Crippen molar-refractivity contribution in [1.82, 2.24) is 40.4 Å². The number of methoxy groups -OCH3 is 2. The SMILES string of the molecule is COC(=O)N[C@@H]1C(=O)N2C3C(CCCC3C1C)C[C@H]2c1nc2ccc(-c3cc4c(-c5ccc6nc([C@@H]7CC8CCCC9C(C)[C@H](NC(=O)OC)C(=O)N7C89)[nH]c6c5)cc3CCc3ccc(cc3)CC4)cc2[nH]1. The first-order valence-electron chi connectivity index (χ1n) is 26.6. The summed E-state index contributed by atoms with van der Waals surface area (Å²) in [6.45, 7) is 4.22. The summed E-state index contributed by atoms with van der Waals surface area (Å²) in [7, 11) is 2.69. The van der Waals surface area contributed by atoms with E-state index in [2.05, 4.69) is 117 Å². The zero-order valence-corrected chi connectivity index (χ0v) is 41.6. The quantitative estimate of drug-likeness (QED) is 0.128. The minimum Gasteiger partial charge on any atom is -0.453 e. The molecule has 4 bridgehead atoms. The number of hydrogen-bond acceptors (Lipinski definition) is 8. The van der Waals surface area contributed by atoms with Crippen LogP contribution in [0.2, 0.25) is 0 Å². The Morgan fingerprint density at radius 3 is 1.43 bits per heavy atom. The van der Waals surface area contributed by atoms with Gasteiger partial charge in [0.15, 0.2) is 0 Å². The lowest BCUT2D eigenvalue weighted by Gasteiger charge is -2.49. The van der Waals surface area contributed by atoms with Crippen molar-refractivity contribution < 1.29 is 28.7 Å². The summed E-state index contributed by atoms with van der Waals surface area (Å²) < 4.78 is 9.93. The van der Waals surface area contributed by atoms with Crippen LogP contribution in [0.15, 0.2) is 72.8 Å². The molecule has 4 aromatic carbocycles. The van der Waals surface area contributed by atoms with Crippen LogP contribution >= 0.6 is 0 Å². The van der Waals surface area contributed by atoms with Crippen molar-refractivity contribution in [3.63, 3.8) is 0 Å². The normalized spacial score (nSPS) is 30.5. The molecule has 6 aliphatic carbocycles. The van der Waals surface area contributed by atoms with Crippen LogP contribution in [0.1, 0.15) is 111 Å². The summed E-state index contributed by atoms with van der Waals surface area (Å²) in [6.07, 6.45) is 10.6. The van der Waals surface area contributed by atoms with E-state index in [0.29, 0.717) is 23.7 Å². The van der Waals surface area contributed by atoms with Gasteiger partial charge in [0.25, 0.3) is 0 Å². The molecule has 2 aromatic heterocycles. The Hall–Kier alpha value is -6.70. The lowest BCUT2D eigenvalue weighted by Crippen LogP contribution is -2.63. The van der Waals surface area contributed by atoms with Gasteiger partial charge in [0.05, 0.1) is 48.4 Å². The highest BCUT2D eigenvalue weighted by atomic mass is 16.5. The van der Waals surface area contributed by atoms with Crippen molar-refractivity contribution in [2.45, 2.75) is 127 Å². The van der Waals surface area contributed by atoms with E-state index in [-0.39, 0.29) is 47.8 Å².